The highest BCUT2D eigenvalue weighted by Gasteiger charge is 2.18. The number of aromatic hydroxyl groups is 1. The maximum atomic E-state index is 13.0. The Morgan fingerprint density at radius 3 is 1.74 bits per heavy atom. The molecule has 0 radical (unpaired) electrons. The van der Waals surface area contributed by atoms with E-state index < -0.39 is 22.9 Å². The third-order valence-corrected chi connectivity index (χ3v) is 5.61. The van der Waals surface area contributed by atoms with E-state index in [-0.39, 0.29) is 71.5 Å². The Bertz CT molecular complexity index is 1350. The molecule has 2 heterocycles. The number of nitrogens with one attached hydrogen (secondary N) is 2. The Hall–Kier alpha value is -5.07. The molecular weight excluding hydrogens is 498 g/mol. The molecular formula is C25H27N5O8. The largest absolute Gasteiger partial charge is 0.508 e. The van der Waals surface area contributed by atoms with Crippen LogP contribution in [-0.4, -0.2) is 73.8 Å². The summed E-state index contributed by atoms with van der Waals surface area (Å²) in [4.78, 5) is 62.2. The molecule has 0 atom stereocenters. The monoisotopic (exact) mass is 525 g/mol. The molecule has 0 unspecified atom stereocenters. The van der Waals surface area contributed by atoms with E-state index in [4.69, 9.17) is 0 Å². The predicted octanol–water partition coefficient (Wildman–Crippen LogP) is -0.189. The first kappa shape index (κ1) is 27.5. The lowest BCUT2D eigenvalue weighted by Gasteiger charge is -2.23. The highest BCUT2D eigenvalue weighted by Crippen LogP contribution is 2.17. The second-order valence-electron chi connectivity index (χ2n) is 8.14. The number of phenols is 1. The highest BCUT2D eigenvalue weighted by atomic mass is 16.5. The molecule has 0 saturated carbocycles. The number of aromatic nitrogens is 2. The van der Waals surface area contributed by atoms with Gasteiger partial charge in [0.15, 0.2) is 0 Å². The van der Waals surface area contributed by atoms with Crippen LogP contribution in [-0.2, 0) is 11.2 Å². The third-order valence-electron chi connectivity index (χ3n) is 5.61. The molecule has 200 valence electrons. The van der Waals surface area contributed by atoms with Gasteiger partial charge in [0.25, 0.3) is 22.9 Å². The van der Waals surface area contributed by atoms with Crippen molar-refractivity contribution in [2.24, 2.45) is 0 Å². The van der Waals surface area contributed by atoms with E-state index in [0.717, 1.165) is 12.1 Å². The topological polar surface area (TPSA) is 183 Å². The van der Waals surface area contributed by atoms with Gasteiger partial charge in [0.2, 0.25) is 5.91 Å². The number of para-hydroxylation sites is 1. The summed E-state index contributed by atoms with van der Waals surface area (Å²) in [5.41, 5.74) is -1.53. The fourth-order valence-electron chi connectivity index (χ4n) is 3.58. The first-order valence-corrected chi connectivity index (χ1v) is 11.6. The Balaban J connectivity index is 1.62. The standard InChI is InChI=1S/C25H27N5O8/c31-20-8-2-1-5-17(20)11-12-21(32)28(15-13-26-24(35)18-6-3-9-22(33)29(18)37)16-14-27-25(36)19-7-4-10-23(34)30(19)38/h1-10,31,37-38H,11-16H2,(H,26,35)(H,27,36). The maximum absolute atomic E-state index is 13.0. The molecule has 0 saturated heterocycles. The second kappa shape index (κ2) is 12.8. The molecule has 5 N–H and O–H groups in total. The Labute approximate surface area is 216 Å². The van der Waals surface area contributed by atoms with Crippen molar-refractivity contribution in [3.05, 3.63) is 98.3 Å². The van der Waals surface area contributed by atoms with Crippen molar-refractivity contribution in [1.82, 2.24) is 25.0 Å². The van der Waals surface area contributed by atoms with Gasteiger partial charge in [0.05, 0.1) is 0 Å². The van der Waals surface area contributed by atoms with Crippen molar-refractivity contribution < 1.29 is 29.9 Å². The number of amides is 3. The Kier molecular flexibility index (Phi) is 9.24. The minimum Gasteiger partial charge on any atom is -0.508 e. The van der Waals surface area contributed by atoms with Crippen molar-refractivity contribution in [1.29, 1.82) is 0 Å². The molecule has 38 heavy (non-hydrogen) atoms. The van der Waals surface area contributed by atoms with Crippen molar-refractivity contribution in [3.8, 4) is 5.75 Å². The van der Waals surface area contributed by atoms with Gasteiger partial charge in [-0.2, -0.15) is 0 Å². The van der Waals surface area contributed by atoms with Gasteiger partial charge in [-0.1, -0.05) is 30.3 Å². The molecule has 0 fully saturated rings. The van der Waals surface area contributed by atoms with Crippen LogP contribution in [0.4, 0.5) is 0 Å². The Morgan fingerprint density at radius 1 is 0.737 bits per heavy atom. The van der Waals surface area contributed by atoms with Crippen molar-refractivity contribution in [3.63, 3.8) is 0 Å². The lowest BCUT2D eigenvalue weighted by molar-refractivity contribution is -0.131. The maximum Gasteiger partial charge on any atom is 0.283 e. The van der Waals surface area contributed by atoms with Gasteiger partial charge in [-0.15, -0.1) is 9.46 Å². The zero-order valence-electron chi connectivity index (χ0n) is 20.2. The molecule has 0 spiro atoms. The summed E-state index contributed by atoms with van der Waals surface area (Å²) in [6, 6.07) is 13.9. The smallest absolute Gasteiger partial charge is 0.283 e. The van der Waals surface area contributed by atoms with Crippen LogP contribution in [0.25, 0.3) is 0 Å². The SMILES string of the molecule is O=C(NCCN(CCNC(=O)c1cccc(=O)n1O)C(=O)CCc1ccccc1O)c1cccc(=O)n1O. The minimum atomic E-state index is -0.777. The normalized spacial score (nSPS) is 10.5. The molecule has 3 aromatic rings. The molecule has 13 heteroatoms. The molecule has 1 aromatic carbocycles. The quantitative estimate of drug-likeness (QED) is 0.213. The van der Waals surface area contributed by atoms with Gasteiger partial charge in [0, 0.05) is 44.7 Å². The van der Waals surface area contributed by atoms with Crippen LogP contribution in [0, 0.1) is 0 Å². The van der Waals surface area contributed by atoms with Crippen LogP contribution in [0.5, 0.6) is 5.75 Å². The molecule has 0 aliphatic rings. The van der Waals surface area contributed by atoms with Crippen molar-refractivity contribution >= 4 is 17.7 Å². The number of hydrogen-bond donors (Lipinski definition) is 5. The number of carbonyl (C=O) groups excluding carboxylic acids is 3. The van der Waals surface area contributed by atoms with Gasteiger partial charge < -0.3 is 31.1 Å². The summed E-state index contributed by atoms with van der Waals surface area (Å²) in [5, 5.41) is 34.5. The van der Waals surface area contributed by atoms with Crippen LogP contribution in [0.2, 0.25) is 0 Å². The second-order valence-corrected chi connectivity index (χ2v) is 8.14. The van der Waals surface area contributed by atoms with Gasteiger partial charge >= 0.3 is 0 Å². The van der Waals surface area contributed by atoms with Gasteiger partial charge in [-0.3, -0.25) is 24.0 Å². The van der Waals surface area contributed by atoms with E-state index >= 15 is 0 Å². The predicted molar refractivity (Wildman–Crippen MR) is 133 cm³/mol. The molecule has 0 bridgehead atoms. The number of carbonyl (C=O) groups is 3. The molecule has 3 rings (SSSR count). The van der Waals surface area contributed by atoms with Gasteiger partial charge in [0.1, 0.15) is 17.1 Å². The van der Waals surface area contributed by atoms with Crippen molar-refractivity contribution in [2.45, 2.75) is 12.8 Å². The number of benzene rings is 1. The summed E-state index contributed by atoms with van der Waals surface area (Å²) in [7, 11) is 0. The lowest BCUT2D eigenvalue weighted by Crippen LogP contribution is -2.43. The highest BCUT2D eigenvalue weighted by molar-refractivity contribution is 5.92. The summed E-state index contributed by atoms with van der Waals surface area (Å²) in [6.07, 6.45) is 0.283. The lowest BCUT2D eigenvalue weighted by atomic mass is 10.1. The molecule has 3 amide bonds. The number of rotatable bonds is 11. The van der Waals surface area contributed by atoms with E-state index in [2.05, 4.69) is 10.6 Å². The number of phenolic OH excluding ortho intramolecular Hbond substituents is 1. The van der Waals surface area contributed by atoms with Crippen LogP contribution in [0.15, 0.2) is 70.3 Å². The van der Waals surface area contributed by atoms with E-state index in [1.807, 2.05) is 0 Å². The summed E-state index contributed by atoms with van der Waals surface area (Å²) >= 11 is 0. The molecule has 0 aliphatic heterocycles. The number of nitrogens with zero attached hydrogens (tertiary/aromatic N) is 3. The van der Waals surface area contributed by atoms with Gasteiger partial charge in [-0.25, -0.2) is 0 Å². The summed E-state index contributed by atoms with van der Waals surface area (Å²) < 4.78 is 0.425. The zero-order chi connectivity index (χ0) is 27.7. The summed E-state index contributed by atoms with van der Waals surface area (Å²) in [6.45, 7) is -0.0143. The molecule has 0 aliphatic carbocycles. The number of pyridine rings is 2. The van der Waals surface area contributed by atoms with Crippen LogP contribution in [0.1, 0.15) is 33.0 Å². The van der Waals surface area contributed by atoms with Crippen LogP contribution in [0.3, 0.4) is 0 Å². The third kappa shape index (κ3) is 7.00. The molecule has 2 aromatic heterocycles. The average molecular weight is 526 g/mol. The van der Waals surface area contributed by atoms with E-state index in [0.29, 0.717) is 5.56 Å². The van der Waals surface area contributed by atoms with Crippen molar-refractivity contribution in [2.75, 3.05) is 26.2 Å². The fourth-order valence-corrected chi connectivity index (χ4v) is 3.58. The first-order chi connectivity index (χ1) is 18.2. The van der Waals surface area contributed by atoms with Gasteiger partial charge in [-0.05, 0) is 30.2 Å². The molecule has 13 nitrogen and oxygen atoms in total. The zero-order valence-corrected chi connectivity index (χ0v) is 20.2. The fraction of sp³-hybridized carbons (Fsp3) is 0.240. The minimum absolute atomic E-state index is 0.0275. The number of aryl methyl sites for hydroxylation is 1. The van der Waals surface area contributed by atoms with Crippen LogP contribution >= 0.6 is 0 Å². The first-order valence-electron chi connectivity index (χ1n) is 11.6. The van der Waals surface area contributed by atoms with E-state index in [1.165, 1.54) is 35.2 Å². The Morgan fingerprint density at radius 2 is 1.24 bits per heavy atom. The van der Waals surface area contributed by atoms with E-state index in [9.17, 15) is 39.5 Å². The summed E-state index contributed by atoms with van der Waals surface area (Å²) in [5.74, 6) is -1.73. The average Bonchev–Trinajstić information content (AvgIpc) is 2.90. The van der Waals surface area contributed by atoms with E-state index in [1.54, 1.807) is 18.2 Å². The number of hydrogen-bond acceptors (Lipinski definition) is 8. The van der Waals surface area contributed by atoms with Crippen LogP contribution < -0.4 is 21.8 Å².